The molecule has 3 aromatic carbocycles. The summed E-state index contributed by atoms with van der Waals surface area (Å²) in [5.41, 5.74) is 3.25. The smallest absolute Gasteiger partial charge is 0.305 e. The number of fused-ring (bicyclic) bond motifs is 3. The zero-order valence-electron chi connectivity index (χ0n) is 26.2. The molecular formula is C34H39N2O8S2-. The fourth-order valence-corrected chi connectivity index (χ4v) is 7.22. The Morgan fingerprint density at radius 1 is 0.957 bits per heavy atom. The second-order valence-corrected chi connectivity index (χ2v) is 14.5. The number of rotatable bonds is 15. The van der Waals surface area contributed by atoms with E-state index in [1.807, 2.05) is 65.3 Å². The van der Waals surface area contributed by atoms with Crippen LogP contribution in [0.4, 0.5) is 11.4 Å². The molecule has 0 aliphatic carbocycles. The van der Waals surface area contributed by atoms with Crippen LogP contribution in [0.3, 0.4) is 0 Å². The van der Waals surface area contributed by atoms with Gasteiger partial charge in [0.1, 0.15) is 16.7 Å². The maximum atomic E-state index is 12.2. The number of methoxy groups -OCH3 is 1. The summed E-state index contributed by atoms with van der Waals surface area (Å²) in [6.45, 7) is 4.03. The van der Waals surface area contributed by atoms with Gasteiger partial charge in [0, 0.05) is 48.2 Å². The Kier molecular flexibility index (Phi) is 11.2. The van der Waals surface area contributed by atoms with Crippen LogP contribution in [-0.2, 0) is 35.2 Å². The average Bonchev–Trinajstić information content (AvgIpc) is 3.23. The number of nitrogens with zero attached hydrogens (tertiary/aromatic N) is 1. The standard InChI is InChI=1S/C34H40N2O8S2/c1-25-23-27(46(41,42)43)24-29-28(25)17-18-30-33(29)34(2,19-10-5-8-16-32(37)44-3)31(36(30)21-12-22-45(38,39)40)15-9-11-20-35-26-13-6-4-7-14-26/h4,6-7,9,11,13-15,17-18,20,23-24H,5,8,10,12,16,19,21-22H2,1-3H3,(H2,38,39,40,41,42,43)/p-1. The number of esters is 1. The number of carbonyl (C=O) groups is 1. The Morgan fingerprint density at radius 3 is 2.37 bits per heavy atom. The third-order valence-electron chi connectivity index (χ3n) is 8.33. The highest BCUT2D eigenvalue weighted by Gasteiger charge is 2.48. The topological polar surface area (TPSA) is 156 Å². The number of aryl methyl sites for hydroxylation is 1. The van der Waals surface area contributed by atoms with Crippen LogP contribution in [-0.4, -0.2) is 61.6 Å². The monoisotopic (exact) mass is 667 g/mol. The van der Waals surface area contributed by atoms with E-state index >= 15 is 0 Å². The van der Waals surface area contributed by atoms with Crippen molar-refractivity contribution in [2.45, 2.75) is 62.7 Å². The van der Waals surface area contributed by atoms with E-state index in [1.165, 1.54) is 19.2 Å². The molecule has 0 spiro atoms. The Balaban J connectivity index is 1.83. The molecule has 0 fully saturated rings. The van der Waals surface area contributed by atoms with Gasteiger partial charge in [0.25, 0.3) is 0 Å². The Morgan fingerprint density at radius 2 is 1.70 bits per heavy atom. The molecule has 0 saturated carbocycles. The molecule has 0 amide bonds. The zero-order chi connectivity index (χ0) is 33.5. The van der Waals surface area contributed by atoms with Gasteiger partial charge in [0.15, 0.2) is 5.71 Å². The number of unbranched alkanes of at least 4 members (excludes halogenated alkanes) is 2. The molecule has 246 valence electrons. The first-order chi connectivity index (χ1) is 21.7. The summed E-state index contributed by atoms with van der Waals surface area (Å²) in [7, 11) is -7.84. The van der Waals surface area contributed by atoms with Crippen molar-refractivity contribution < 1.29 is 40.0 Å². The molecule has 0 aromatic heterocycles. The van der Waals surface area contributed by atoms with Crippen LogP contribution in [0.5, 0.6) is 0 Å². The number of hydrogen-bond donors (Lipinski definition) is 1. The van der Waals surface area contributed by atoms with E-state index in [1.54, 1.807) is 13.1 Å². The second kappa shape index (κ2) is 14.7. The summed E-state index contributed by atoms with van der Waals surface area (Å²) < 4.78 is 77.8. The summed E-state index contributed by atoms with van der Waals surface area (Å²) >= 11 is 0. The maximum Gasteiger partial charge on any atom is 0.305 e. The van der Waals surface area contributed by atoms with E-state index in [2.05, 4.69) is 12.2 Å². The third kappa shape index (κ3) is 8.49. The summed E-state index contributed by atoms with van der Waals surface area (Å²) in [5.74, 6) is -0.817. The second-order valence-electron chi connectivity index (χ2n) is 11.6. The average molecular weight is 668 g/mol. The summed E-state index contributed by atoms with van der Waals surface area (Å²) in [5, 5.41) is 4.62. The molecule has 0 bridgehead atoms. The van der Waals surface area contributed by atoms with Crippen molar-refractivity contribution in [1.29, 1.82) is 0 Å². The van der Waals surface area contributed by atoms with Crippen LogP contribution < -0.4 is 5.32 Å². The number of hydrogen-bond acceptors (Lipinski definition) is 9. The third-order valence-corrected chi connectivity index (χ3v) is 9.93. The first-order valence-electron chi connectivity index (χ1n) is 15.1. The van der Waals surface area contributed by atoms with Crippen molar-refractivity contribution in [3.8, 4) is 0 Å². The van der Waals surface area contributed by atoms with Gasteiger partial charge in [-0.25, -0.2) is 16.8 Å². The highest BCUT2D eigenvalue weighted by atomic mass is 32.2. The van der Waals surface area contributed by atoms with Crippen molar-refractivity contribution in [2.24, 2.45) is 0 Å². The van der Waals surface area contributed by atoms with Gasteiger partial charge in [-0.3, -0.25) is 4.79 Å². The minimum absolute atomic E-state index is 0.0786. The molecule has 0 radical (unpaired) electrons. The van der Waals surface area contributed by atoms with E-state index in [0.717, 1.165) is 34.5 Å². The van der Waals surface area contributed by atoms with Crippen LogP contribution in [0.25, 0.3) is 10.8 Å². The molecule has 1 aliphatic heterocycles. The van der Waals surface area contributed by atoms with Crippen LogP contribution in [0.15, 0.2) is 83.9 Å². The highest BCUT2D eigenvalue weighted by molar-refractivity contribution is 7.86. The van der Waals surface area contributed by atoms with E-state index in [-0.39, 0.29) is 23.8 Å². The van der Waals surface area contributed by atoms with Crippen molar-refractivity contribution >= 4 is 54.1 Å². The zero-order valence-corrected chi connectivity index (χ0v) is 27.8. The van der Waals surface area contributed by atoms with Gasteiger partial charge in [-0.15, -0.1) is 0 Å². The lowest BCUT2D eigenvalue weighted by Gasteiger charge is -2.24. The highest BCUT2D eigenvalue weighted by Crippen LogP contribution is 2.48. The number of anilines is 1. The number of carbonyl (C=O) groups excluding carboxylic acids is 1. The van der Waals surface area contributed by atoms with Crippen LogP contribution in [0, 0.1) is 6.92 Å². The molecule has 3 aromatic rings. The first-order valence-corrected chi connectivity index (χ1v) is 18.1. The molecule has 1 heterocycles. The van der Waals surface area contributed by atoms with Gasteiger partial charge < -0.3 is 19.2 Å². The number of ether oxygens (including phenoxy) is 1. The summed E-state index contributed by atoms with van der Waals surface area (Å²) in [6, 6.07) is 16.2. The lowest BCUT2D eigenvalue weighted by molar-refractivity contribution is -0.437. The molecule has 1 atom stereocenters. The number of benzene rings is 3. The fourth-order valence-electron chi connectivity index (χ4n) is 6.16. The molecule has 1 unspecified atom stereocenters. The lowest BCUT2D eigenvalue weighted by atomic mass is 9.73. The van der Waals surface area contributed by atoms with Gasteiger partial charge in [-0.05, 0) is 79.4 Å². The van der Waals surface area contributed by atoms with Crippen molar-refractivity contribution in [2.75, 3.05) is 24.7 Å². The Bertz CT molecular complexity index is 1900. The SMILES string of the molecule is COC(=O)CCCCCC1(C)C(/C=C/C=C/Nc2ccccc2)=[N+](CCCS(=O)(=O)[O-])c2ccc3c(C)cc(S(=O)(=O)[O-])cc3c21. The predicted molar refractivity (Wildman–Crippen MR) is 176 cm³/mol. The number of para-hydroxylation sites is 1. The molecule has 0 saturated heterocycles. The van der Waals surface area contributed by atoms with Gasteiger partial charge in [-0.2, -0.15) is 4.58 Å². The molecule has 1 aliphatic rings. The van der Waals surface area contributed by atoms with Gasteiger partial charge >= 0.3 is 5.97 Å². The van der Waals surface area contributed by atoms with Gasteiger partial charge in [0.2, 0.25) is 5.69 Å². The summed E-state index contributed by atoms with van der Waals surface area (Å²) in [4.78, 5) is 11.4. The van der Waals surface area contributed by atoms with Crippen molar-refractivity contribution in [1.82, 2.24) is 0 Å². The Hall–Kier alpha value is -3.84. The van der Waals surface area contributed by atoms with E-state index in [9.17, 15) is 30.7 Å². The van der Waals surface area contributed by atoms with Gasteiger partial charge in [-0.1, -0.05) is 37.1 Å². The van der Waals surface area contributed by atoms with Gasteiger partial charge in [0.05, 0.1) is 27.5 Å². The normalized spacial score (nSPS) is 16.9. The minimum Gasteiger partial charge on any atom is -0.748 e. The largest absolute Gasteiger partial charge is 0.748 e. The van der Waals surface area contributed by atoms with Crippen molar-refractivity contribution in [3.05, 3.63) is 90.2 Å². The molecule has 1 N–H and O–H groups in total. The molecule has 12 heteroatoms. The molecule has 46 heavy (non-hydrogen) atoms. The number of nitrogens with one attached hydrogen (secondary N) is 1. The van der Waals surface area contributed by atoms with Crippen molar-refractivity contribution in [3.63, 3.8) is 0 Å². The minimum atomic E-state index is -4.75. The maximum absolute atomic E-state index is 12.2. The van der Waals surface area contributed by atoms with Crippen LogP contribution in [0.2, 0.25) is 0 Å². The predicted octanol–water partition coefficient (Wildman–Crippen LogP) is 5.65. The number of allylic oxidation sites excluding steroid dienone is 3. The summed E-state index contributed by atoms with van der Waals surface area (Å²) in [6.07, 6.45) is 10.5. The first kappa shape index (κ1) is 35.0. The van der Waals surface area contributed by atoms with Crippen LogP contribution in [0.1, 0.15) is 56.6 Å². The van der Waals surface area contributed by atoms with E-state index in [4.69, 9.17) is 4.74 Å². The van der Waals surface area contributed by atoms with E-state index in [0.29, 0.717) is 36.6 Å². The fraction of sp³-hybridized carbons (Fsp3) is 0.353. The molecule has 4 rings (SSSR count). The van der Waals surface area contributed by atoms with Crippen LogP contribution >= 0.6 is 0 Å². The Labute approximate surface area is 271 Å². The molecule has 10 nitrogen and oxygen atoms in total. The van der Waals surface area contributed by atoms with E-state index < -0.39 is 31.4 Å². The quantitative estimate of drug-likeness (QED) is 0.0712. The lowest BCUT2D eigenvalue weighted by Crippen LogP contribution is -2.32. The molecular weight excluding hydrogens is 629 g/mol.